The van der Waals surface area contributed by atoms with Crippen molar-refractivity contribution in [2.45, 2.75) is 0 Å². The number of nitrogens with one attached hydrogen (secondary N) is 2. The molecule has 17 heavy (non-hydrogen) atoms. The Bertz CT molecular complexity index is 748. The topological polar surface area (TPSA) is 62.2 Å². The zero-order chi connectivity index (χ0) is 15.3. The van der Waals surface area contributed by atoms with E-state index in [-0.39, 0.29) is 5.96 Å². The van der Waals surface area contributed by atoms with Gasteiger partial charge in [0.15, 0.2) is 5.96 Å². The van der Waals surface area contributed by atoms with E-state index in [2.05, 4.69) is 41.5 Å². The van der Waals surface area contributed by atoms with Crippen LogP contribution in [0.4, 0.5) is 5.69 Å². The Balaban J connectivity index is 1.95. The van der Waals surface area contributed by atoms with Crippen LogP contribution in [0.2, 0.25) is 0 Å². The lowest BCUT2D eigenvalue weighted by atomic mass is 10.2. The van der Waals surface area contributed by atoms with E-state index in [1.807, 2.05) is 0 Å². The molecule has 0 atom stereocenters. The van der Waals surface area contributed by atoms with Crippen LogP contribution in [0.15, 0.2) is 34.0 Å². The van der Waals surface area contributed by atoms with E-state index in [9.17, 15) is 0 Å². The molecule has 86 valence electrons. The third-order valence-electron chi connectivity index (χ3n) is 2.24. The first-order valence-corrected chi connectivity index (χ1v) is 5.64. The molecular weight excluding hydrogens is 282 g/mol. The van der Waals surface area contributed by atoms with Crippen LogP contribution in [-0.4, -0.2) is 28.9 Å². The zero-order valence-corrected chi connectivity index (χ0v) is 10.1. The summed E-state index contributed by atoms with van der Waals surface area (Å²) in [5.41, 5.74) is 1.94. The van der Waals surface area contributed by atoms with Gasteiger partial charge in [0.05, 0.1) is 27.7 Å². The van der Waals surface area contributed by atoms with Gasteiger partial charge in [-0.2, -0.15) is 0 Å². The molecule has 0 unspecified atom stereocenters. The van der Waals surface area contributed by atoms with Gasteiger partial charge in [0.25, 0.3) is 0 Å². The summed E-state index contributed by atoms with van der Waals surface area (Å²) in [5.74, 6) is 0.0222. The van der Waals surface area contributed by atoms with E-state index in [1.54, 1.807) is 24.5 Å². The number of anilines is 1. The highest BCUT2D eigenvalue weighted by molar-refractivity contribution is 9.10. The van der Waals surface area contributed by atoms with Crippen LogP contribution in [0, 0.1) is 0 Å². The molecule has 5 nitrogen and oxygen atoms in total. The molecule has 0 fully saturated rings. The maximum atomic E-state index is 7.56. The van der Waals surface area contributed by atoms with Crippen LogP contribution < -0.4 is 10.6 Å². The SMILES string of the molecule is [2H]C1([2H])N=C(Nc2ccc3nccnc3c2Br)NC1([2H])[2H]. The lowest BCUT2D eigenvalue weighted by molar-refractivity contribution is 0.959. The molecule has 0 amide bonds. The van der Waals surface area contributed by atoms with Crippen molar-refractivity contribution in [2.75, 3.05) is 18.3 Å². The van der Waals surface area contributed by atoms with E-state index in [4.69, 9.17) is 5.48 Å². The van der Waals surface area contributed by atoms with Crippen molar-refractivity contribution >= 4 is 38.6 Å². The Kier molecular flexibility index (Phi) is 1.74. The second-order valence-electron chi connectivity index (χ2n) is 3.30. The minimum absolute atomic E-state index is 0.0222. The molecule has 0 saturated carbocycles. The first-order valence-electron chi connectivity index (χ1n) is 6.84. The van der Waals surface area contributed by atoms with Crippen LogP contribution in [0.5, 0.6) is 0 Å². The van der Waals surface area contributed by atoms with Gasteiger partial charge in [0, 0.05) is 18.9 Å². The number of benzene rings is 1. The zero-order valence-electron chi connectivity index (χ0n) is 12.5. The summed E-state index contributed by atoms with van der Waals surface area (Å²) in [6.45, 7) is -4.60. The maximum absolute atomic E-state index is 7.56. The Morgan fingerprint density at radius 3 is 3.06 bits per heavy atom. The van der Waals surface area contributed by atoms with Crippen molar-refractivity contribution in [3.05, 3.63) is 29.0 Å². The van der Waals surface area contributed by atoms with Crippen molar-refractivity contribution in [3.8, 4) is 0 Å². The summed E-state index contributed by atoms with van der Waals surface area (Å²) >= 11 is 3.41. The number of aliphatic imine (C=N–C) groups is 1. The molecule has 2 N–H and O–H groups in total. The third kappa shape index (κ3) is 1.95. The molecule has 0 radical (unpaired) electrons. The molecule has 1 aromatic heterocycles. The van der Waals surface area contributed by atoms with Crippen LogP contribution in [0.1, 0.15) is 5.48 Å². The summed E-state index contributed by atoms with van der Waals surface area (Å²) in [4.78, 5) is 12.1. The lowest BCUT2D eigenvalue weighted by Gasteiger charge is -2.09. The van der Waals surface area contributed by atoms with Crippen molar-refractivity contribution < 1.29 is 5.48 Å². The monoisotopic (exact) mass is 295 g/mol. The number of nitrogens with zero attached hydrogens (tertiary/aromatic N) is 3. The van der Waals surface area contributed by atoms with E-state index in [0.717, 1.165) is 0 Å². The number of fused-ring (bicyclic) bond motifs is 1. The van der Waals surface area contributed by atoms with E-state index in [0.29, 0.717) is 21.2 Å². The molecule has 2 heterocycles. The van der Waals surface area contributed by atoms with Crippen LogP contribution in [0.3, 0.4) is 0 Å². The minimum atomic E-state index is -2.33. The van der Waals surface area contributed by atoms with Gasteiger partial charge in [0.1, 0.15) is 5.52 Å². The molecule has 3 rings (SSSR count). The highest BCUT2D eigenvalue weighted by Crippen LogP contribution is 2.28. The van der Waals surface area contributed by atoms with Crippen molar-refractivity contribution in [3.63, 3.8) is 0 Å². The van der Waals surface area contributed by atoms with Gasteiger partial charge in [-0.1, -0.05) is 0 Å². The smallest absolute Gasteiger partial charge is 0.195 e. The maximum Gasteiger partial charge on any atom is 0.195 e. The van der Waals surface area contributed by atoms with Gasteiger partial charge in [-0.3, -0.25) is 15.0 Å². The number of guanidine groups is 1. The molecule has 0 spiro atoms. The number of halogens is 1. The van der Waals surface area contributed by atoms with Gasteiger partial charge in [-0.25, -0.2) is 0 Å². The minimum Gasteiger partial charge on any atom is -0.354 e. The molecule has 0 aliphatic carbocycles. The Hall–Kier alpha value is -1.69. The molecule has 1 aromatic carbocycles. The lowest BCUT2D eigenvalue weighted by Crippen LogP contribution is -2.26. The fourth-order valence-corrected chi connectivity index (χ4v) is 2.02. The summed E-state index contributed by atoms with van der Waals surface area (Å²) in [6.07, 6.45) is 3.16. The van der Waals surface area contributed by atoms with Gasteiger partial charge in [-0.15, -0.1) is 0 Å². The molecular formula is C11H10BrN5. The number of hydrogen-bond donors (Lipinski definition) is 2. The van der Waals surface area contributed by atoms with Crippen molar-refractivity contribution in [1.29, 1.82) is 0 Å². The fourth-order valence-electron chi connectivity index (χ4n) is 1.49. The first kappa shape index (κ1) is 6.90. The average Bonchev–Trinajstić information content (AvgIpc) is 2.61. The van der Waals surface area contributed by atoms with Crippen molar-refractivity contribution in [1.82, 2.24) is 15.3 Å². The highest BCUT2D eigenvalue weighted by Gasteiger charge is 2.10. The fraction of sp³-hybridized carbons (Fsp3) is 0.182. The summed E-state index contributed by atoms with van der Waals surface area (Å²) in [5, 5.41) is 5.24. The van der Waals surface area contributed by atoms with E-state index in [1.165, 1.54) is 0 Å². The Morgan fingerprint density at radius 2 is 2.24 bits per heavy atom. The molecule has 0 saturated heterocycles. The number of aromatic nitrogens is 2. The number of hydrogen-bond acceptors (Lipinski definition) is 5. The van der Waals surface area contributed by atoms with Crippen LogP contribution >= 0.6 is 15.9 Å². The molecule has 2 aromatic rings. The van der Waals surface area contributed by atoms with Gasteiger partial charge >= 0.3 is 0 Å². The summed E-state index contributed by atoms with van der Waals surface area (Å²) < 4.78 is 30.8. The summed E-state index contributed by atoms with van der Waals surface area (Å²) in [7, 11) is 0. The Labute approximate surface area is 112 Å². The average molecular weight is 296 g/mol. The van der Waals surface area contributed by atoms with Gasteiger partial charge < -0.3 is 10.6 Å². The normalized spacial score (nSPS) is 23.9. The largest absolute Gasteiger partial charge is 0.354 e. The second-order valence-corrected chi connectivity index (χ2v) is 4.09. The van der Waals surface area contributed by atoms with Crippen LogP contribution in [-0.2, 0) is 0 Å². The van der Waals surface area contributed by atoms with E-state index < -0.39 is 13.0 Å². The van der Waals surface area contributed by atoms with E-state index >= 15 is 0 Å². The molecule has 6 heteroatoms. The molecule has 1 aliphatic rings. The van der Waals surface area contributed by atoms with Gasteiger partial charge in [-0.05, 0) is 28.1 Å². The Morgan fingerprint density at radius 1 is 1.35 bits per heavy atom. The second kappa shape index (κ2) is 4.29. The third-order valence-corrected chi connectivity index (χ3v) is 3.04. The summed E-state index contributed by atoms with van der Waals surface area (Å²) in [6, 6.07) is 3.49. The predicted molar refractivity (Wildman–Crippen MR) is 71.2 cm³/mol. The highest BCUT2D eigenvalue weighted by atomic mass is 79.9. The molecule has 1 aliphatic heterocycles. The first-order chi connectivity index (χ1) is 9.80. The van der Waals surface area contributed by atoms with Crippen LogP contribution in [0.25, 0.3) is 11.0 Å². The number of rotatable bonds is 1. The quantitative estimate of drug-likeness (QED) is 0.842. The van der Waals surface area contributed by atoms with Gasteiger partial charge in [0.2, 0.25) is 0 Å². The standard InChI is InChI=1S/C11H10BrN5/c12-9-7(17-11-15-5-6-16-11)1-2-8-10(9)14-4-3-13-8/h1-4H,5-6H2,(H2,15,16,17)/i5D2,6D2. The predicted octanol–water partition coefficient (Wildman–Crippen LogP) is 1.76. The molecule has 0 bridgehead atoms. The van der Waals surface area contributed by atoms with Crippen molar-refractivity contribution in [2.24, 2.45) is 4.99 Å².